The minimum atomic E-state index is -0.360. The van der Waals surface area contributed by atoms with Gasteiger partial charge in [-0.2, -0.15) is 9.50 Å². The molecular formula is C20H20N6O2S. The molecule has 148 valence electrons. The lowest BCUT2D eigenvalue weighted by atomic mass is 9.99. The Morgan fingerprint density at radius 2 is 2.03 bits per heavy atom. The number of allylic oxidation sites excluding steroid dienone is 1. The number of aryl methyl sites for hydroxylation is 1. The summed E-state index contributed by atoms with van der Waals surface area (Å²) in [4.78, 5) is 24.2. The normalized spacial score (nSPS) is 17.8. The zero-order chi connectivity index (χ0) is 20.1. The highest BCUT2D eigenvalue weighted by Gasteiger charge is 2.22. The molecule has 0 saturated carbocycles. The summed E-state index contributed by atoms with van der Waals surface area (Å²) < 4.78 is 6.96. The SMILES string of the molecule is CC1=Nc2ccc(C)cc2/C1=C\c1c(N)n2nc(N3CCOCC3)sc2nc1=O. The summed E-state index contributed by atoms with van der Waals surface area (Å²) in [5, 5.41) is 5.40. The van der Waals surface area contributed by atoms with Crippen LogP contribution < -0.4 is 16.2 Å². The maximum absolute atomic E-state index is 12.8. The Morgan fingerprint density at radius 1 is 1.24 bits per heavy atom. The molecule has 8 nitrogen and oxygen atoms in total. The summed E-state index contributed by atoms with van der Waals surface area (Å²) in [5.74, 6) is 0.289. The van der Waals surface area contributed by atoms with Gasteiger partial charge < -0.3 is 15.4 Å². The molecule has 2 aromatic heterocycles. The molecule has 0 spiro atoms. The summed E-state index contributed by atoms with van der Waals surface area (Å²) in [7, 11) is 0. The fourth-order valence-corrected chi connectivity index (χ4v) is 4.57. The third-order valence-electron chi connectivity index (χ3n) is 5.17. The highest BCUT2D eigenvalue weighted by Crippen LogP contribution is 2.36. The fourth-order valence-electron chi connectivity index (χ4n) is 3.62. The van der Waals surface area contributed by atoms with Crippen LogP contribution >= 0.6 is 11.3 Å². The molecule has 3 aromatic rings. The van der Waals surface area contributed by atoms with Crippen LogP contribution in [0.1, 0.15) is 23.6 Å². The first kappa shape index (κ1) is 18.0. The first-order valence-corrected chi connectivity index (χ1v) is 10.2. The molecule has 0 amide bonds. The lowest BCUT2D eigenvalue weighted by Crippen LogP contribution is -2.36. The third kappa shape index (κ3) is 3.02. The second-order valence-corrected chi connectivity index (χ2v) is 8.10. The number of anilines is 2. The van der Waals surface area contributed by atoms with E-state index in [1.165, 1.54) is 11.3 Å². The van der Waals surface area contributed by atoms with Crippen molar-refractivity contribution < 1.29 is 4.74 Å². The van der Waals surface area contributed by atoms with E-state index >= 15 is 0 Å². The van der Waals surface area contributed by atoms with Crippen LogP contribution in [-0.2, 0) is 4.74 Å². The van der Waals surface area contributed by atoms with Crippen LogP contribution in [0.4, 0.5) is 16.6 Å². The van der Waals surface area contributed by atoms with Crippen molar-refractivity contribution in [1.29, 1.82) is 0 Å². The number of nitrogen functional groups attached to an aromatic ring is 1. The van der Waals surface area contributed by atoms with Crippen LogP contribution in [-0.4, -0.2) is 46.6 Å². The van der Waals surface area contributed by atoms with Crippen LogP contribution in [0.2, 0.25) is 0 Å². The van der Waals surface area contributed by atoms with Crippen LogP contribution in [0.25, 0.3) is 16.6 Å². The van der Waals surface area contributed by atoms with Crippen LogP contribution in [0, 0.1) is 6.92 Å². The number of fused-ring (bicyclic) bond motifs is 2. The van der Waals surface area contributed by atoms with E-state index in [1.807, 2.05) is 26.0 Å². The Balaban J connectivity index is 1.63. The largest absolute Gasteiger partial charge is 0.383 e. The standard InChI is InChI=1S/C20H20N6O2S/c1-11-3-4-16-14(9-11)13(12(2)22-16)10-15-17(21)26-19(23-18(15)27)29-20(24-26)25-5-7-28-8-6-25/h3-4,9-10H,5-8,21H2,1-2H3/b13-10-. The second kappa shape index (κ2) is 6.78. The second-order valence-electron chi connectivity index (χ2n) is 7.17. The van der Waals surface area contributed by atoms with Gasteiger partial charge in [-0.25, -0.2) is 0 Å². The van der Waals surface area contributed by atoms with E-state index < -0.39 is 0 Å². The monoisotopic (exact) mass is 408 g/mol. The summed E-state index contributed by atoms with van der Waals surface area (Å²) in [6.45, 7) is 6.79. The average Bonchev–Trinajstić information content (AvgIpc) is 3.27. The number of nitrogens with two attached hydrogens (primary N) is 1. The van der Waals surface area contributed by atoms with E-state index in [2.05, 4.69) is 26.0 Å². The Hall–Kier alpha value is -3.04. The van der Waals surface area contributed by atoms with Gasteiger partial charge in [0.15, 0.2) is 0 Å². The van der Waals surface area contributed by atoms with Gasteiger partial charge in [-0.3, -0.25) is 9.79 Å². The summed E-state index contributed by atoms with van der Waals surface area (Å²) in [6.07, 6.45) is 1.79. The topological polar surface area (TPSA) is 98.1 Å². The van der Waals surface area contributed by atoms with Crippen LogP contribution in [0.5, 0.6) is 0 Å². The quantitative estimate of drug-likeness (QED) is 0.700. The van der Waals surface area contributed by atoms with Crippen LogP contribution in [0.15, 0.2) is 28.0 Å². The molecule has 2 N–H and O–H groups in total. The highest BCUT2D eigenvalue weighted by atomic mass is 32.1. The molecule has 0 unspecified atom stereocenters. The predicted octanol–water partition coefficient (Wildman–Crippen LogP) is 2.52. The number of hydrogen-bond donors (Lipinski definition) is 1. The summed E-state index contributed by atoms with van der Waals surface area (Å²) in [5.41, 5.74) is 11.1. The minimum Gasteiger partial charge on any atom is -0.383 e. The van der Waals surface area contributed by atoms with Gasteiger partial charge in [-0.15, -0.1) is 5.10 Å². The number of nitrogens with zero attached hydrogens (tertiary/aromatic N) is 5. The van der Waals surface area contributed by atoms with E-state index in [9.17, 15) is 4.79 Å². The van der Waals surface area contributed by atoms with Crippen molar-refractivity contribution in [1.82, 2.24) is 14.6 Å². The van der Waals surface area contributed by atoms with Crippen molar-refractivity contribution >= 4 is 50.3 Å². The van der Waals surface area contributed by atoms with Crippen LogP contribution in [0.3, 0.4) is 0 Å². The number of benzene rings is 1. The van der Waals surface area contributed by atoms with Crippen molar-refractivity contribution in [2.45, 2.75) is 13.8 Å². The third-order valence-corrected chi connectivity index (χ3v) is 6.14. The summed E-state index contributed by atoms with van der Waals surface area (Å²) in [6, 6.07) is 6.08. The van der Waals surface area contributed by atoms with E-state index in [-0.39, 0.29) is 11.4 Å². The first-order chi connectivity index (χ1) is 14.0. The zero-order valence-electron chi connectivity index (χ0n) is 16.2. The molecule has 5 rings (SSSR count). The van der Waals surface area contributed by atoms with Gasteiger partial charge in [0, 0.05) is 29.9 Å². The van der Waals surface area contributed by atoms with Gasteiger partial charge in [-0.05, 0) is 32.1 Å². The smallest absolute Gasteiger partial charge is 0.283 e. The Bertz CT molecular complexity index is 1250. The Labute approximate surface area is 171 Å². The van der Waals surface area contributed by atoms with Crippen molar-refractivity contribution in [3.63, 3.8) is 0 Å². The molecule has 0 radical (unpaired) electrons. The van der Waals surface area contributed by atoms with Gasteiger partial charge in [0.25, 0.3) is 5.56 Å². The molecule has 9 heteroatoms. The number of ether oxygens (including phenoxy) is 1. The van der Waals surface area contributed by atoms with Crippen molar-refractivity contribution in [3.05, 3.63) is 45.2 Å². The molecular weight excluding hydrogens is 388 g/mol. The molecule has 2 aliphatic rings. The van der Waals surface area contributed by atoms with Gasteiger partial charge in [0.2, 0.25) is 10.1 Å². The van der Waals surface area contributed by atoms with E-state index in [4.69, 9.17) is 10.5 Å². The van der Waals surface area contributed by atoms with E-state index in [1.54, 1.807) is 10.6 Å². The number of hydrogen-bond acceptors (Lipinski definition) is 8. The Kier molecular flexibility index (Phi) is 4.21. The molecule has 0 aliphatic carbocycles. The zero-order valence-corrected chi connectivity index (χ0v) is 17.0. The molecule has 0 bridgehead atoms. The average molecular weight is 408 g/mol. The Morgan fingerprint density at radius 3 is 2.83 bits per heavy atom. The number of morpholine rings is 1. The molecule has 29 heavy (non-hydrogen) atoms. The van der Waals surface area contributed by atoms with Crippen molar-refractivity contribution in [3.8, 4) is 0 Å². The first-order valence-electron chi connectivity index (χ1n) is 9.42. The van der Waals surface area contributed by atoms with E-state index in [0.29, 0.717) is 23.7 Å². The lowest BCUT2D eigenvalue weighted by Gasteiger charge is -2.25. The molecule has 1 aromatic carbocycles. The van der Waals surface area contributed by atoms with Gasteiger partial charge >= 0.3 is 0 Å². The lowest BCUT2D eigenvalue weighted by molar-refractivity contribution is 0.122. The maximum atomic E-state index is 12.8. The molecule has 0 atom stereocenters. The minimum absolute atomic E-state index is 0.289. The van der Waals surface area contributed by atoms with Crippen molar-refractivity contribution in [2.24, 2.45) is 4.99 Å². The van der Waals surface area contributed by atoms with Gasteiger partial charge in [0.05, 0.1) is 24.5 Å². The number of aromatic nitrogens is 3. The fraction of sp³-hybridized carbons (Fsp3) is 0.300. The predicted molar refractivity (Wildman–Crippen MR) is 116 cm³/mol. The number of aliphatic imine (C=N–C) groups is 1. The molecule has 4 heterocycles. The number of rotatable bonds is 2. The highest BCUT2D eigenvalue weighted by molar-refractivity contribution is 7.20. The van der Waals surface area contributed by atoms with Crippen molar-refractivity contribution in [2.75, 3.05) is 36.9 Å². The molecule has 2 aliphatic heterocycles. The summed E-state index contributed by atoms with van der Waals surface area (Å²) >= 11 is 1.36. The van der Waals surface area contributed by atoms with E-state index in [0.717, 1.165) is 46.3 Å². The molecule has 1 saturated heterocycles. The van der Waals surface area contributed by atoms with Gasteiger partial charge in [0.1, 0.15) is 5.82 Å². The maximum Gasteiger partial charge on any atom is 0.283 e. The molecule has 1 fully saturated rings. The van der Waals surface area contributed by atoms with Gasteiger partial charge in [-0.1, -0.05) is 23.0 Å².